The molecule has 2 nitrogen and oxygen atoms in total. The van der Waals surface area contributed by atoms with E-state index >= 15 is 0 Å². The summed E-state index contributed by atoms with van der Waals surface area (Å²) in [7, 11) is 3.48. The van der Waals surface area contributed by atoms with Gasteiger partial charge in [-0.25, -0.2) is 0 Å². The van der Waals surface area contributed by atoms with Gasteiger partial charge in [0.05, 0.1) is 0 Å². The average Bonchev–Trinajstić information content (AvgIpc) is 1.85. The summed E-state index contributed by atoms with van der Waals surface area (Å²) in [4.78, 5) is 10.6. The minimum atomic E-state index is 0.117. The Kier molecular flexibility index (Phi) is 6.07. The molecule has 0 N–H and O–H groups in total. The third-order valence-electron chi connectivity index (χ3n) is 0.995. The van der Waals surface area contributed by atoms with Crippen molar-refractivity contribution in [1.29, 1.82) is 0 Å². The second-order valence-electron chi connectivity index (χ2n) is 1.85. The molecular formula is C5H11BNOP. The maximum atomic E-state index is 10.6. The van der Waals surface area contributed by atoms with Crippen molar-refractivity contribution in [3.05, 3.63) is 0 Å². The Labute approximate surface area is 58.6 Å². The van der Waals surface area contributed by atoms with E-state index in [1.54, 1.807) is 0 Å². The van der Waals surface area contributed by atoms with Crippen LogP contribution in [0.5, 0.6) is 0 Å². The summed E-state index contributed by atoms with van der Waals surface area (Å²) >= 11 is 0. The standard InChI is InChI=1S/C5H11BNOP/c1-2-3-4-5(8)6-7-9/h2-4,9H2,1H3. The molecule has 4 heteroatoms. The second-order valence-corrected chi connectivity index (χ2v) is 2.15. The van der Waals surface area contributed by atoms with Crippen LogP contribution in [-0.4, -0.2) is 12.8 Å². The van der Waals surface area contributed by atoms with E-state index in [1.807, 2.05) is 0 Å². The maximum absolute atomic E-state index is 10.6. The van der Waals surface area contributed by atoms with Gasteiger partial charge in [-0.3, -0.25) is 0 Å². The van der Waals surface area contributed by atoms with Crippen molar-refractivity contribution in [1.82, 2.24) is 0 Å². The molecule has 0 amide bonds. The van der Waals surface area contributed by atoms with Crippen LogP contribution in [-0.2, 0) is 4.79 Å². The Hall–Kier alpha value is -0.0351. The van der Waals surface area contributed by atoms with Crippen LogP contribution >= 0.6 is 9.39 Å². The van der Waals surface area contributed by atoms with Crippen LogP contribution in [0.2, 0.25) is 0 Å². The van der Waals surface area contributed by atoms with Crippen molar-refractivity contribution in [3.63, 3.8) is 0 Å². The minimum absolute atomic E-state index is 0.117. The molecule has 0 aromatic carbocycles. The monoisotopic (exact) mass is 143 g/mol. The summed E-state index contributed by atoms with van der Waals surface area (Å²) in [5, 5.41) is 0. The molecule has 0 fully saturated rings. The van der Waals surface area contributed by atoms with Crippen molar-refractivity contribution in [2.24, 2.45) is 4.67 Å². The van der Waals surface area contributed by atoms with Crippen molar-refractivity contribution in [2.45, 2.75) is 26.2 Å². The van der Waals surface area contributed by atoms with E-state index < -0.39 is 0 Å². The quantitative estimate of drug-likeness (QED) is 0.431. The van der Waals surface area contributed by atoms with Gasteiger partial charge in [0.15, 0.2) is 0 Å². The molecule has 0 aromatic heterocycles. The summed E-state index contributed by atoms with van der Waals surface area (Å²) in [6, 6.07) is 0. The second kappa shape index (κ2) is 6.09. The molecule has 1 unspecified atom stereocenters. The summed E-state index contributed by atoms with van der Waals surface area (Å²) in [5.41, 5.74) is 0.117. The molecule has 0 bridgehead atoms. The van der Waals surface area contributed by atoms with Crippen LogP contribution in [0.4, 0.5) is 0 Å². The van der Waals surface area contributed by atoms with Crippen molar-refractivity contribution >= 4 is 22.1 Å². The summed E-state index contributed by atoms with van der Waals surface area (Å²) < 4.78 is 3.53. The normalized spacial score (nSPS) is 9.56. The van der Waals surface area contributed by atoms with Gasteiger partial charge in [0.2, 0.25) is 0 Å². The van der Waals surface area contributed by atoms with Crippen LogP contribution in [0.25, 0.3) is 0 Å². The van der Waals surface area contributed by atoms with E-state index in [2.05, 4.69) is 21.0 Å². The number of hydrogen-bond acceptors (Lipinski definition) is 2. The molecule has 0 spiro atoms. The van der Waals surface area contributed by atoms with Gasteiger partial charge in [-0.1, -0.05) is 0 Å². The molecule has 0 saturated heterocycles. The molecule has 0 heterocycles. The molecule has 1 atom stereocenters. The first kappa shape index (κ1) is 8.96. The Morgan fingerprint density at radius 3 is 2.89 bits per heavy atom. The topological polar surface area (TPSA) is 29.4 Å². The van der Waals surface area contributed by atoms with E-state index in [9.17, 15) is 4.79 Å². The van der Waals surface area contributed by atoms with Crippen LogP contribution in [0.3, 0.4) is 0 Å². The number of unbranched alkanes of at least 4 members (excludes halogenated alkanes) is 1. The SMILES string of the molecule is CCCCC(=O)/B=N\P. The number of carbonyl (C=O) groups is 1. The van der Waals surface area contributed by atoms with E-state index in [0.29, 0.717) is 6.42 Å². The summed E-state index contributed by atoms with van der Waals surface area (Å²) in [6.45, 7) is 2.06. The Balaban J connectivity index is 3.27. The van der Waals surface area contributed by atoms with Crippen molar-refractivity contribution in [3.8, 4) is 0 Å². The van der Waals surface area contributed by atoms with Gasteiger partial charge in [0.1, 0.15) is 0 Å². The van der Waals surface area contributed by atoms with E-state index in [0.717, 1.165) is 12.8 Å². The molecule has 0 radical (unpaired) electrons. The Bertz CT molecular complexity index is 116. The fraction of sp³-hybridized carbons (Fsp3) is 0.800. The predicted molar refractivity (Wildman–Crippen MR) is 42.4 cm³/mol. The van der Waals surface area contributed by atoms with E-state index in [1.165, 1.54) is 7.07 Å². The van der Waals surface area contributed by atoms with Gasteiger partial charge in [-0.2, -0.15) is 0 Å². The van der Waals surface area contributed by atoms with Crippen LogP contribution in [0.15, 0.2) is 4.67 Å². The molecular weight excluding hydrogens is 132 g/mol. The molecule has 9 heavy (non-hydrogen) atoms. The number of nitrogens with zero attached hydrogens (tertiary/aromatic N) is 1. The Morgan fingerprint density at radius 1 is 1.78 bits per heavy atom. The first-order chi connectivity index (χ1) is 4.31. The van der Waals surface area contributed by atoms with Crippen molar-refractivity contribution < 1.29 is 4.79 Å². The summed E-state index contributed by atoms with van der Waals surface area (Å²) in [5.74, 6) is 0. The van der Waals surface area contributed by atoms with Crippen molar-refractivity contribution in [2.75, 3.05) is 0 Å². The third kappa shape index (κ3) is 5.84. The Morgan fingerprint density at radius 2 is 2.44 bits per heavy atom. The number of rotatable bonds is 4. The van der Waals surface area contributed by atoms with E-state index in [-0.39, 0.29) is 5.68 Å². The van der Waals surface area contributed by atoms with Gasteiger partial charge in [-0.05, 0) is 0 Å². The van der Waals surface area contributed by atoms with Gasteiger partial charge >= 0.3 is 57.8 Å². The number of carbonyl (C=O) groups excluding carboxylic acids is 1. The van der Waals surface area contributed by atoms with Gasteiger partial charge in [0, 0.05) is 0 Å². The summed E-state index contributed by atoms with van der Waals surface area (Å²) in [6.07, 6.45) is 2.67. The van der Waals surface area contributed by atoms with Crippen LogP contribution in [0.1, 0.15) is 26.2 Å². The van der Waals surface area contributed by atoms with Crippen LogP contribution in [0, 0.1) is 0 Å². The zero-order valence-corrected chi connectivity index (χ0v) is 6.79. The zero-order chi connectivity index (χ0) is 7.11. The molecule has 0 aromatic rings. The predicted octanol–water partition coefficient (Wildman–Crippen LogP) is 1.38. The zero-order valence-electron chi connectivity index (χ0n) is 5.63. The first-order valence-corrected chi connectivity index (χ1v) is 3.59. The molecule has 0 rings (SSSR count). The van der Waals surface area contributed by atoms with E-state index in [4.69, 9.17) is 0 Å². The number of hydrogen-bond donors (Lipinski definition) is 0. The average molecular weight is 143 g/mol. The molecule has 0 aliphatic carbocycles. The van der Waals surface area contributed by atoms with Gasteiger partial charge in [-0.15, -0.1) is 0 Å². The fourth-order valence-electron chi connectivity index (χ4n) is 0.499. The molecule has 0 aliphatic rings. The third-order valence-corrected chi connectivity index (χ3v) is 1.14. The fourth-order valence-corrected chi connectivity index (χ4v) is 0.665. The van der Waals surface area contributed by atoms with Crippen LogP contribution < -0.4 is 0 Å². The first-order valence-electron chi connectivity index (χ1n) is 3.07. The van der Waals surface area contributed by atoms with Gasteiger partial charge in [0.25, 0.3) is 0 Å². The molecule has 0 aliphatic heterocycles. The van der Waals surface area contributed by atoms with Gasteiger partial charge < -0.3 is 0 Å². The molecule has 0 saturated carbocycles. The molecule has 50 valence electrons.